The first kappa shape index (κ1) is 17.0. The molecule has 26 heavy (non-hydrogen) atoms. The minimum Gasteiger partial charge on any atom is -0.374 e. The molecule has 2 aromatic heterocycles. The van der Waals surface area contributed by atoms with Gasteiger partial charge in [-0.25, -0.2) is 9.67 Å². The van der Waals surface area contributed by atoms with Gasteiger partial charge in [-0.05, 0) is 44.2 Å². The molecule has 6 heteroatoms. The predicted octanol–water partition coefficient (Wildman–Crippen LogP) is 2.68. The topological polar surface area (TPSA) is 48.1 Å². The van der Waals surface area contributed by atoms with Crippen LogP contribution in [0.2, 0.25) is 0 Å². The van der Waals surface area contributed by atoms with E-state index in [2.05, 4.69) is 52.6 Å². The molecular formula is C20H25N5O. The van der Waals surface area contributed by atoms with Gasteiger partial charge in [0.05, 0.1) is 24.9 Å². The number of imidazole rings is 1. The summed E-state index contributed by atoms with van der Waals surface area (Å²) in [5.74, 6) is 0.963. The number of benzene rings is 1. The van der Waals surface area contributed by atoms with Gasteiger partial charge >= 0.3 is 0 Å². The standard InChI is InChI=1S/C20H25N5O/c1-15-11-16(2)19(18(12-15)25-7-4-5-22-25)20-21-6-8-24(20)14-17-13-23(3)9-10-26-17/h4-8,11-12,17H,9-10,13-14H2,1-3H3. The monoisotopic (exact) mass is 351 g/mol. The van der Waals surface area contributed by atoms with E-state index in [1.807, 2.05) is 29.3 Å². The van der Waals surface area contributed by atoms with Crippen LogP contribution in [0.3, 0.4) is 0 Å². The number of nitrogens with zero attached hydrogens (tertiary/aromatic N) is 5. The third kappa shape index (κ3) is 3.30. The van der Waals surface area contributed by atoms with E-state index in [0.717, 1.165) is 43.3 Å². The van der Waals surface area contributed by atoms with Crippen molar-refractivity contribution in [3.05, 3.63) is 54.1 Å². The van der Waals surface area contributed by atoms with Crippen LogP contribution in [0.1, 0.15) is 11.1 Å². The minimum atomic E-state index is 0.181. The Morgan fingerprint density at radius 1 is 1.19 bits per heavy atom. The van der Waals surface area contributed by atoms with E-state index in [4.69, 9.17) is 4.74 Å². The highest BCUT2D eigenvalue weighted by atomic mass is 16.5. The molecule has 4 rings (SSSR count). The first-order chi connectivity index (χ1) is 12.6. The normalized spacial score (nSPS) is 18.3. The summed E-state index contributed by atoms with van der Waals surface area (Å²) >= 11 is 0. The lowest BCUT2D eigenvalue weighted by Gasteiger charge is -2.30. The van der Waals surface area contributed by atoms with E-state index in [1.165, 1.54) is 11.1 Å². The molecule has 1 saturated heterocycles. The van der Waals surface area contributed by atoms with Gasteiger partial charge in [-0.1, -0.05) is 6.07 Å². The maximum absolute atomic E-state index is 5.96. The van der Waals surface area contributed by atoms with Crippen molar-refractivity contribution in [3.63, 3.8) is 0 Å². The van der Waals surface area contributed by atoms with Crippen molar-refractivity contribution in [2.24, 2.45) is 0 Å². The molecule has 1 aromatic carbocycles. The smallest absolute Gasteiger partial charge is 0.142 e. The molecule has 0 amide bonds. The largest absolute Gasteiger partial charge is 0.374 e. The first-order valence-electron chi connectivity index (χ1n) is 9.05. The molecule has 0 radical (unpaired) electrons. The summed E-state index contributed by atoms with van der Waals surface area (Å²) in [5, 5.41) is 4.44. The van der Waals surface area contributed by atoms with E-state index >= 15 is 0 Å². The molecule has 0 aliphatic carbocycles. The van der Waals surface area contributed by atoms with E-state index in [0.29, 0.717) is 0 Å². The van der Waals surface area contributed by atoms with Gasteiger partial charge in [0, 0.05) is 43.4 Å². The lowest BCUT2D eigenvalue weighted by Crippen LogP contribution is -2.42. The fourth-order valence-electron chi connectivity index (χ4n) is 3.71. The lowest BCUT2D eigenvalue weighted by atomic mass is 10.0. The first-order valence-corrected chi connectivity index (χ1v) is 9.05. The van der Waals surface area contributed by atoms with Gasteiger partial charge in [-0.3, -0.25) is 0 Å². The van der Waals surface area contributed by atoms with E-state index in [1.54, 1.807) is 6.20 Å². The Balaban J connectivity index is 1.74. The number of hydrogen-bond donors (Lipinski definition) is 0. The molecule has 6 nitrogen and oxygen atoms in total. The molecule has 0 N–H and O–H groups in total. The van der Waals surface area contributed by atoms with E-state index in [-0.39, 0.29) is 6.10 Å². The van der Waals surface area contributed by atoms with Crippen molar-refractivity contribution in [3.8, 4) is 17.1 Å². The molecule has 136 valence electrons. The molecule has 1 atom stereocenters. The van der Waals surface area contributed by atoms with Crippen molar-refractivity contribution in [2.45, 2.75) is 26.5 Å². The quantitative estimate of drug-likeness (QED) is 0.725. The van der Waals surface area contributed by atoms with Crippen LogP contribution in [-0.4, -0.2) is 57.1 Å². The second kappa shape index (κ2) is 7.05. The summed E-state index contributed by atoms with van der Waals surface area (Å²) in [5.41, 5.74) is 4.59. The van der Waals surface area contributed by atoms with E-state index < -0.39 is 0 Å². The molecule has 1 unspecified atom stereocenters. The van der Waals surface area contributed by atoms with Crippen LogP contribution in [-0.2, 0) is 11.3 Å². The summed E-state index contributed by atoms with van der Waals surface area (Å²) in [4.78, 5) is 7.00. The molecule has 1 fully saturated rings. The van der Waals surface area contributed by atoms with Crippen molar-refractivity contribution in [2.75, 3.05) is 26.7 Å². The number of rotatable bonds is 4. The Morgan fingerprint density at radius 3 is 2.85 bits per heavy atom. The Labute approximate surface area is 154 Å². The zero-order chi connectivity index (χ0) is 18.1. The molecule has 1 aliphatic rings. The zero-order valence-electron chi connectivity index (χ0n) is 15.6. The van der Waals surface area contributed by atoms with Crippen LogP contribution >= 0.6 is 0 Å². The molecule has 0 bridgehead atoms. The van der Waals surface area contributed by atoms with Crippen LogP contribution in [0.25, 0.3) is 17.1 Å². The molecule has 3 heterocycles. The maximum atomic E-state index is 5.96. The van der Waals surface area contributed by atoms with Crippen LogP contribution in [0, 0.1) is 13.8 Å². The van der Waals surface area contributed by atoms with Gasteiger partial charge in [0.15, 0.2) is 0 Å². The molecule has 3 aromatic rings. The van der Waals surface area contributed by atoms with Gasteiger partial charge in [0.1, 0.15) is 5.82 Å². The Bertz CT molecular complexity index is 884. The minimum absolute atomic E-state index is 0.181. The van der Waals surface area contributed by atoms with Crippen LogP contribution < -0.4 is 0 Å². The predicted molar refractivity (Wildman–Crippen MR) is 101 cm³/mol. The van der Waals surface area contributed by atoms with Crippen LogP contribution in [0.4, 0.5) is 0 Å². The van der Waals surface area contributed by atoms with Gasteiger partial charge in [0.25, 0.3) is 0 Å². The number of likely N-dealkylation sites (N-methyl/N-ethyl adjacent to an activating group) is 1. The highest BCUT2D eigenvalue weighted by molar-refractivity contribution is 5.72. The average Bonchev–Trinajstić information content (AvgIpc) is 3.26. The fourth-order valence-corrected chi connectivity index (χ4v) is 3.71. The van der Waals surface area contributed by atoms with Gasteiger partial charge in [0.2, 0.25) is 0 Å². The van der Waals surface area contributed by atoms with Crippen molar-refractivity contribution >= 4 is 0 Å². The molecule has 0 saturated carbocycles. The lowest BCUT2D eigenvalue weighted by molar-refractivity contribution is -0.0272. The molecule has 1 aliphatic heterocycles. The van der Waals surface area contributed by atoms with Crippen LogP contribution in [0.5, 0.6) is 0 Å². The van der Waals surface area contributed by atoms with Crippen LogP contribution in [0.15, 0.2) is 43.0 Å². The summed E-state index contributed by atoms with van der Waals surface area (Å²) < 4.78 is 10.1. The van der Waals surface area contributed by atoms with Gasteiger partial charge < -0.3 is 14.2 Å². The second-order valence-corrected chi connectivity index (χ2v) is 7.08. The molecule has 0 spiro atoms. The fraction of sp³-hybridized carbons (Fsp3) is 0.400. The Morgan fingerprint density at radius 2 is 2.08 bits per heavy atom. The highest BCUT2D eigenvalue weighted by Crippen LogP contribution is 2.30. The Hall–Kier alpha value is -2.44. The SMILES string of the molecule is Cc1cc(C)c(-c2nccn2CC2CN(C)CCO2)c(-n2cccn2)c1. The van der Waals surface area contributed by atoms with Crippen molar-refractivity contribution in [1.82, 2.24) is 24.2 Å². The van der Waals surface area contributed by atoms with Crippen molar-refractivity contribution < 1.29 is 4.74 Å². The summed E-state index contributed by atoms with van der Waals surface area (Å²) in [6.45, 7) is 7.77. The second-order valence-electron chi connectivity index (χ2n) is 7.08. The van der Waals surface area contributed by atoms with E-state index in [9.17, 15) is 0 Å². The number of aryl methyl sites for hydroxylation is 2. The highest BCUT2D eigenvalue weighted by Gasteiger charge is 2.21. The van der Waals surface area contributed by atoms with Crippen molar-refractivity contribution in [1.29, 1.82) is 0 Å². The third-order valence-electron chi connectivity index (χ3n) is 4.89. The summed E-state index contributed by atoms with van der Waals surface area (Å²) in [6, 6.07) is 6.31. The number of hydrogen-bond acceptors (Lipinski definition) is 4. The zero-order valence-corrected chi connectivity index (χ0v) is 15.6. The third-order valence-corrected chi connectivity index (χ3v) is 4.89. The number of aromatic nitrogens is 4. The van der Waals surface area contributed by atoms with Gasteiger partial charge in [-0.2, -0.15) is 5.10 Å². The number of morpholine rings is 1. The maximum Gasteiger partial charge on any atom is 0.142 e. The molecular weight excluding hydrogens is 326 g/mol. The Kier molecular flexibility index (Phi) is 4.61. The summed E-state index contributed by atoms with van der Waals surface area (Å²) in [7, 11) is 2.14. The average molecular weight is 351 g/mol. The number of ether oxygens (including phenoxy) is 1. The van der Waals surface area contributed by atoms with Gasteiger partial charge in [-0.15, -0.1) is 0 Å². The summed E-state index contributed by atoms with van der Waals surface area (Å²) in [6.07, 6.45) is 7.87.